The highest BCUT2D eigenvalue weighted by atomic mass is 35.5. The van der Waals surface area contributed by atoms with Crippen LogP contribution in [0.4, 0.5) is 0 Å². The lowest BCUT2D eigenvalue weighted by Gasteiger charge is -2.03. The van der Waals surface area contributed by atoms with Crippen LogP contribution in [0.25, 0.3) is 5.57 Å². The van der Waals surface area contributed by atoms with Crippen molar-refractivity contribution in [2.45, 2.75) is 13.3 Å². The molecule has 0 radical (unpaired) electrons. The highest BCUT2D eigenvalue weighted by Gasteiger charge is 2.10. The van der Waals surface area contributed by atoms with Gasteiger partial charge in [-0.05, 0) is 24.1 Å². The van der Waals surface area contributed by atoms with E-state index in [0.717, 1.165) is 22.7 Å². The summed E-state index contributed by atoms with van der Waals surface area (Å²) in [5.74, 6) is 0. The van der Waals surface area contributed by atoms with Gasteiger partial charge in [-0.1, -0.05) is 29.8 Å². The van der Waals surface area contributed by atoms with E-state index in [1.54, 1.807) is 0 Å². The molecular formula is C11H10ClN. The molecule has 0 saturated carbocycles. The number of allylic oxidation sites excluding steroid dienone is 1. The van der Waals surface area contributed by atoms with Gasteiger partial charge in [0.1, 0.15) is 0 Å². The molecule has 0 aromatic heterocycles. The second kappa shape index (κ2) is 3.35. The fraction of sp³-hybridized carbons (Fsp3) is 0.182. The van der Waals surface area contributed by atoms with Gasteiger partial charge in [0.15, 0.2) is 0 Å². The van der Waals surface area contributed by atoms with E-state index in [9.17, 15) is 0 Å². The van der Waals surface area contributed by atoms with Crippen LogP contribution >= 0.6 is 11.6 Å². The molecule has 2 rings (SSSR count). The molecule has 66 valence electrons. The zero-order chi connectivity index (χ0) is 9.26. The van der Waals surface area contributed by atoms with Crippen LogP contribution < -0.4 is 0 Å². The number of hydrogen-bond donors (Lipinski definition) is 0. The van der Waals surface area contributed by atoms with E-state index in [4.69, 9.17) is 11.6 Å². The lowest BCUT2D eigenvalue weighted by molar-refractivity contribution is 1.47. The Morgan fingerprint density at radius 3 is 2.69 bits per heavy atom. The minimum atomic E-state index is 0.804. The number of benzene rings is 1. The zero-order valence-electron chi connectivity index (χ0n) is 7.42. The second-order valence-corrected chi connectivity index (χ2v) is 3.58. The highest BCUT2D eigenvalue weighted by Crippen LogP contribution is 2.28. The van der Waals surface area contributed by atoms with E-state index >= 15 is 0 Å². The van der Waals surface area contributed by atoms with Crippen LogP contribution in [0.5, 0.6) is 0 Å². The lowest BCUT2D eigenvalue weighted by atomic mass is 10.0. The third-order valence-corrected chi connectivity index (χ3v) is 2.44. The van der Waals surface area contributed by atoms with Gasteiger partial charge in [0, 0.05) is 23.4 Å². The van der Waals surface area contributed by atoms with Crippen LogP contribution in [0.1, 0.15) is 18.9 Å². The first-order valence-corrected chi connectivity index (χ1v) is 4.62. The molecule has 0 unspecified atom stereocenters. The molecule has 13 heavy (non-hydrogen) atoms. The summed E-state index contributed by atoms with van der Waals surface area (Å²) in [7, 11) is 0. The Balaban J connectivity index is 2.34. The Bertz CT molecular complexity index is 391. The van der Waals surface area contributed by atoms with Crippen LogP contribution in [-0.4, -0.2) is 5.71 Å². The maximum Gasteiger partial charge on any atom is 0.0481 e. The minimum Gasteiger partial charge on any atom is -0.265 e. The molecule has 1 aliphatic rings. The lowest BCUT2D eigenvalue weighted by Crippen LogP contribution is -1.88. The molecule has 2 heteroatoms. The molecule has 1 heterocycles. The summed E-state index contributed by atoms with van der Waals surface area (Å²) in [5, 5.41) is 0.804. The van der Waals surface area contributed by atoms with Crippen molar-refractivity contribution in [3.8, 4) is 0 Å². The van der Waals surface area contributed by atoms with Gasteiger partial charge in [0.2, 0.25) is 0 Å². The molecule has 1 aliphatic heterocycles. The first-order valence-electron chi connectivity index (χ1n) is 4.24. The molecule has 0 aliphatic carbocycles. The van der Waals surface area contributed by atoms with E-state index in [1.807, 2.05) is 37.4 Å². The van der Waals surface area contributed by atoms with E-state index < -0.39 is 0 Å². The smallest absolute Gasteiger partial charge is 0.0481 e. The first-order chi connectivity index (χ1) is 6.27. The fourth-order valence-electron chi connectivity index (χ4n) is 1.44. The summed E-state index contributed by atoms with van der Waals surface area (Å²) >= 11 is 6.06. The van der Waals surface area contributed by atoms with Gasteiger partial charge in [0.05, 0.1) is 0 Å². The predicted octanol–water partition coefficient (Wildman–Crippen LogP) is 3.55. The Morgan fingerprint density at radius 1 is 1.31 bits per heavy atom. The number of hydrogen-bond acceptors (Lipinski definition) is 1. The van der Waals surface area contributed by atoms with Crippen LogP contribution in [0.2, 0.25) is 5.02 Å². The Kier molecular flexibility index (Phi) is 2.19. The van der Waals surface area contributed by atoms with Crippen molar-refractivity contribution in [2.75, 3.05) is 0 Å². The average molecular weight is 192 g/mol. The van der Waals surface area contributed by atoms with Crippen molar-refractivity contribution >= 4 is 22.9 Å². The third kappa shape index (κ3) is 1.65. The summed E-state index contributed by atoms with van der Waals surface area (Å²) in [6.07, 6.45) is 2.82. The van der Waals surface area contributed by atoms with Gasteiger partial charge in [-0.3, -0.25) is 4.99 Å². The number of aliphatic imine (C=N–C) groups is 1. The van der Waals surface area contributed by atoms with Crippen LogP contribution in [0, 0.1) is 0 Å². The van der Waals surface area contributed by atoms with Crippen molar-refractivity contribution in [1.82, 2.24) is 0 Å². The van der Waals surface area contributed by atoms with Crippen molar-refractivity contribution in [3.63, 3.8) is 0 Å². The fourth-order valence-corrected chi connectivity index (χ4v) is 1.70. The van der Waals surface area contributed by atoms with Gasteiger partial charge in [-0.15, -0.1) is 0 Å². The monoisotopic (exact) mass is 191 g/mol. The van der Waals surface area contributed by atoms with Crippen LogP contribution in [0.3, 0.4) is 0 Å². The molecule has 0 atom stereocenters. The summed E-state index contributed by atoms with van der Waals surface area (Å²) in [4.78, 5) is 4.23. The Labute approximate surface area is 82.8 Å². The normalized spacial score (nSPS) is 15.5. The van der Waals surface area contributed by atoms with Gasteiger partial charge in [0.25, 0.3) is 0 Å². The van der Waals surface area contributed by atoms with E-state index in [2.05, 4.69) is 4.99 Å². The third-order valence-electron chi connectivity index (χ3n) is 2.11. The van der Waals surface area contributed by atoms with Crippen molar-refractivity contribution in [2.24, 2.45) is 4.99 Å². The SMILES string of the molecule is CC1=NC=C(c2ccccc2Cl)C1. The van der Waals surface area contributed by atoms with Gasteiger partial charge in [-0.25, -0.2) is 0 Å². The maximum atomic E-state index is 6.06. The molecule has 0 bridgehead atoms. The van der Waals surface area contributed by atoms with E-state index in [1.165, 1.54) is 5.57 Å². The molecule has 0 N–H and O–H groups in total. The summed E-state index contributed by atoms with van der Waals surface area (Å²) in [6.45, 7) is 2.03. The second-order valence-electron chi connectivity index (χ2n) is 3.18. The average Bonchev–Trinajstić information content (AvgIpc) is 2.53. The molecule has 1 aromatic rings. The number of nitrogens with zero attached hydrogens (tertiary/aromatic N) is 1. The first kappa shape index (κ1) is 8.52. The number of halogens is 1. The maximum absolute atomic E-state index is 6.06. The Hall–Kier alpha value is -1.08. The molecule has 1 aromatic carbocycles. The summed E-state index contributed by atoms with van der Waals surface area (Å²) in [6, 6.07) is 7.87. The van der Waals surface area contributed by atoms with Gasteiger partial charge in [-0.2, -0.15) is 0 Å². The van der Waals surface area contributed by atoms with Crippen molar-refractivity contribution in [1.29, 1.82) is 0 Å². The predicted molar refractivity (Wildman–Crippen MR) is 57.2 cm³/mol. The van der Waals surface area contributed by atoms with Gasteiger partial charge < -0.3 is 0 Å². The zero-order valence-corrected chi connectivity index (χ0v) is 8.17. The Morgan fingerprint density at radius 2 is 2.08 bits per heavy atom. The largest absolute Gasteiger partial charge is 0.265 e. The van der Waals surface area contributed by atoms with E-state index in [-0.39, 0.29) is 0 Å². The number of rotatable bonds is 1. The summed E-state index contributed by atoms with van der Waals surface area (Å²) < 4.78 is 0. The van der Waals surface area contributed by atoms with Crippen LogP contribution in [0.15, 0.2) is 35.5 Å². The quantitative estimate of drug-likeness (QED) is 0.644. The minimum absolute atomic E-state index is 0.804. The molecular weight excluding hydrogens is 182 g/mol. The van der Waals surface area contributed by atoms with Crippen molar-refractivity contribution < 1.29 is 0 Å². The topological polar surface area (TPSA) is 12.4 Å². The molecule has 0 spiro atoms. The molecule has 0 amide bonds. The molecule has 0 saturated heterocycles. The summed E-state index contributed by atoms with van der Waals surface area (Å²) in [5.41, 5.74) is 3.46. The van der Waals surface area contributed by atoms with E-state index in [0.29, 0.717) is 0 Å². The molecule has 0 fully saturated rings. The van der Waals surface area contributed by atoms with Crippen molar-refractivity contribution in [3.05, 3.63) is 41.1 Å². The standard InChI is InChI=1S/C11H10ClN/c1-8-6-9(7-13-8)10-4-2-3-5-11(10)12/h2-5,7H,6H2,1H3. The molecule has 1 nitrogen and oxygen atoms in total. The van der Waals surface area contributed by atoms with Gasteiger partial charge >= 0.3 is 0 Å². The van der Waals surface area contributed by atoms with Crippen LogP contribution in [-0.2, 0) is 0 Å². The highest BCUT2D eigenvalue weighted by molar-refractivity contribution is 6.32.